The van der Waals surface area contributed by atoms with Gasteiger partial charge in [0.2, 0.25) is 0 Å². The minimum Gasteiger partial charge on any atom is -0.336 e. The van der Waals surface area contributed by atoms with Crippen molar-refractivity contribution in [2.75, 3.05) is 13.1 Å². The lowest BCUT2D eigenvalue weighted by Gasteiger charge is -2.13. The van der Waals surface area contributed by atoms with E-state index in [1.165, 1.54) is 4.90 Å². The Bertz CT molecular complexity index is 459. The first-order valence-corrected chi connectivity index (χ1v) is 5.75. The first kappa shape index (κ1) is 11.1. The summed E-state index contributed by atoms with van der Waals surface area (Å²) in [5.74, 6) is -0.262. The quantitative estimate of drug-likeness (QED) is 0.856. The van der Waals surface area contributed by atoms with Crippen molar-refractivity contribution in [1.82, 2.24) is 10.2 Å². The molecule has 1 aromatic carbocycles. The Morgan fingerprint density at radius 3 is 2.81 bits per heavy atom. The molecule has 1 saturated heterocycles. The normalized spacial score (nSPS) is 15.1. The summed E-state index contributed by atoms with van der Waals surface area (Å²) >= 11 is 3.34. The van der Waals surface area contributed by atoms with Gasteiger partial charge < -0.3 is 5.32 Å². The molecule has 0 unspecified atom stereocenters. The maximum Gasteiger partial charge on any atom is 0.324 e. The zero-order valence-electron chi connectivity index (χ0n) is 8.79. The van der Waals surface area contributed by atoms with E-state index in [4.69, 9.17) is 0 Å². The van der Waals surface area contributed by atoms with Crippen LogP contribution in [0.25, 0.3) is 0 Å². The van der Waals surface area contributed by atoms with Crippen LogP contribution < -0.4 is 5.32 Å². The average molecular weight is 283 g/mol. The van der Waals surface area contributed by atoms with Gasteiger partial charge in [0.15, 0.2) is 0 Å². The Morgan fingerprint density at radius 2 is 2.25 bits per heavy atom. The fourth-order valence-electron chi connectivity index (χ4n) is 1.60. The zero-order valence-corrected chi connectivity index (χ0v) is 10.4. The number of aryl methyl sites for hydroxylation is 1. The van der Waals surface area contributed by atoms with Gasteiger partial charge in [-0.3, -0.25) is 9.69 Å². The number of halogens is 1. The third-order valence-electron chi connectivity index (χ3n) is 2.46. The van der Waals surface area contributed by atoms with Crippen LogP contribution in [0.4, 0.5) is 4.79 Å². The van der Waals surface area contributed by atoms with Crippen LogP contribution in [0.5, 0.6) is 0 Å². The number of benzene rings is 1. The molecule has 1 aliphatic heterocycles. The Morgan fingerprint density at radius 1 is 1.50 bits per heavy atom. The molecule has 3 amide bonds. The number of carbonyl (C=O) groups is 2. The van der Waals surface area contributed by atoms with Crippen molar-refractivity contribution < 1.29 is 9.59 Å². The van der Waals surface area contributed by atoms with Crippen molar-refractivity contribution in [3.05, 3.63) is 33.8 Å². The van der Waals surface area contributed by atoms with Gasteiger partial charge in [0.05, 0.1) is 5.56 Å². The van der Waals surface area contributed by atoms with Crippen LogP contribution in [-0.2, 0) is 0 Å². The molecule has 1 aromatic rings. The molecule has 84 valence electrons. The van der Waals surface area contributed by atoms with Gasteiger partial charge in [-0.2, -0.15) is 0 Å². The topological polar surface area (TPSA) is 49.4 Å². The maximum atomic E-state index is 12.0. The minimum atomic E-state index is -0.322. The standard InChI is InChI=1S/C11H11BrN2O2/c1-7-2-3-8(9(12)6-7)10(15)14-5-4-13-11(14)16/h2-3,6H,4-5H2,1H3,(H,13,16). The zero-order chi connectivity index (χ0) is 11.7. The number of nitrogens with zero attached hydrogens (tertiary/aromatic N) is 1. The van der Waals surface area contributed by atoms with Crippen molar-refractivity contribution in [2.24, 2.45) is 0 Å². The van der Waals surface area contributed by atoms with Crippen LogP contribution in [0.2, 0.25) is 0 Å². The van der Waals surface area contributed by atoms with Gasteiger partial charge in [0.25, 0.3) is 5.91 Å². The van der Waals surface area contributed by atoms with Gasteiger partial charge in [-0.25, -0.2) is 4.79 Å². The van der Waals surface area contributed by atoms with Gasteiger partial charge in [0.1, 0.15) is 0 Å². The van der Waals surface area contributed by atoms with Crippen LogP contribution in [0.3, 0.4) is 0 Å². The smallest absolute Gasteiger partial charge is 0.324 e. The van der Waals surface area contributed by atoms with Crippen molar-refractivity contribution in [3.8, 4) is 0 Å². The van der Waals surface area contributed by atoms with Crippen LogP contribution >= 0.6 is 15.9 Å². The third-order valence-corrected chi connectivity index (χ3v) is 3.11. The number of carbonyl (C=O) groups excluding carboxylic acids is 2. The Kier molecular flexibility index (Phi) is 2.96. The fraction of sp³-hybridized carbons (Fsp3) is 0.273. The van der Waals surface area contributed by atoms with Gasteiger partial charge in [-0.1, -0.05) is 6.07 Å². The molecule has 1 heterocycles. The molecule has 4 nitrogen and oxygen atoms in total. The first-order chi connectivity index (χ1) is 7.59. The Hall–Kier alpha value is -1.36. The summed E-state index contributed by atoms with van der Waals surface area (Å²) in [6, 6.07) is 5.12. The number of amides is 3. The molecule has 0 aromatic heterocycles. The number of imide groups is 1. The van der Waals surface area contributed by atoms with E-state index in [9.17, 15) is 9.59 Å². The Labute approximate surface area is 102 Å². The molecule has 0 bridgehead atoms. The summed E-state index contributed by atoms with van der Waals surface area (Å²) in [7, 11) is 0. The number of rotatable bonds is 1. The molecule has 0 saturated carbocycles. The number of hydrogen-bond acceptors (Lipinski definition) is 2. The molecule has 0 aliphatic carbocycles. The van der Waals surface area contributed by atoms with Crippen LogP contribution in [0, 0.1) is 6.92 Å². The Balaban J connectivity index is 2.30. The van der Waals surface area contributed by atoms with E-state index in [0.29, 0.717) is 18.7 Å². The fourth-order valence-corrected chi connectivity index (χ4v) is 2.27. The average Bonchev–Trinajstić information content (AvgIpc) is 2.63. The van der Waals surface area contributed by atoms with Gasteiger partial charge in [-0.05, 0) is 40.5 Å². The minimum absolute atomic E-state index is 0.262. The number of nitrogens with one attached hydrogen (secondary N) is 1. The first-order valence-electron chi connectivity index (χ1n) is 4.95. The lowest BCUT2D eigenvalue weighted by molar-refractivity contribution is 0.0828. The van der Waals surface area contributed by atoms with Crippen molar-refractivity contribution in [1.29, 1.82) is 0 Å². The molecule has 1 N–H and O–H groups in total. The van der Waals surface area contributed by atoms with Crippen LogP contribution in [-0.4, -0.2) is 29.9 Å². The molecule has 0 atom stereocenters. The van der Waals surface area contributed by atoms with E-state index in [-0.39, 0.29) is 11.9 Å². The number of urea groups is 1. The maximum absolute atomic E-state index is 12.0. The lowest BCUT2D eigenvalue weighted by atomic mass is 10.1. The highest BCUT2D eigenvalue weighted by molar-refractivity contribution is 9.10. The molecule has 5 heteroatoms. The van der Waals surface area contributed by atoms with Gasteiger partial charge >= 0.3 is 6.03 Å². The van der Waals surface area contributed by atoms with E-state index in [0.717, 1.165) is 10.0 Å². The van der Waals surface area contributed by atoms with Crippen LogP contribution in [0.15, 0.2) is 22.7 Å². The summed E-state index contributed by atoms with van der Waals surface area (Å²) in [4.78, 5) is 24.6. The number of hydrogen-bond donors (Lipinski definition) is 1. The molecular formula is C11H11BrN2O2. The highest BCUT2D eigenvalue weighted by Crippen LogP contribution is 2.20. The molecule has 2 rings (SSSR count). The highest BCUT2D eigenvalue weighted by atomic mass is 79.9. The van der Waals surface area contributed by atoms with Crippen molar-refractivity contribution in [2.45, 2.75) is 6.92 Å². The SMILES string of the molecule is Cc1ccc(C(=O)N2CCNC2=O)c(Br)c1. The summed E-state index contributed by atoms with van der Waals surface area (Å²) in [6.45, 7) is 2.90. The van der Waals surface area contributed by atoms with E-state index >= 15 is 0 Å². The molecule has 0 spiro atoms. The van der Waals surface area contributed by atoms with Gasteiger partial charge in [-0.15, -0.1) is 0 Å². The molecule has 0 radical (unpaired) electrons. The molecular weight excluding hydrogens is 272 g/mol. The van der Waals surface area contributed by atoms with Gasteiger partial charge in [0, 0.05) is 17.6 Å². The summed E-state index contributed by atoms with van der Waals surface area (Å²) in [5.41, 5.74) is 1.58. The van der Waals surface area contributed by atoms with E-state index < -0.39 is 0 Å². The van der Waals surface area contributed by atoms with E-state index in [1.54, 1.807) is 6.07 Å². The largest absolute Gasteiger partial charge is 0.336 e. The molecule has 1 aliphatic rings. The summed E-state index contributed by atoms with van der Waals surface area (Å²) in [6.07, 6.45) is 0. The second-order valence-electron chi connectivity index (χ2n) is 3.67. The van der Waals surface area contributed by atoms with Crippen LogP contribution in [0.1, 0.15) is 15.9 Å². The summed E-state index contributed by atoms with van der Waals surface area (Å²) in [5, 5.41) is 2.60. The predicted octanol–water partition coefficient (Wildman–Crippen LogP) is 1.92. The highest BCUT2D eigenvalue weighted by Gasteiger charge is 2.27. The molecule has 16 heavy (non-hydrogen) atoms. The third kappa shape index (κ3) is 1.95. The monoisotopic (exact) mass is 282 g/mol. The second-order valence-corrected chi connectivity index (χ2v) is 4.53. The second kappa shape index (κ2) is 4.25. The van der Waals surface area contributed by atoms with Crippen molar-refractivity contribution in [3.63, 3.8) is 0 Å². The van der Waals surface area contributed by atoms with Crippen molar-refractivity contribution >= 4 is 27.9 Å². The van der Waals surface area contributed by atoms with E-state index in [1.807, 2.05) is 19.1 Å². The van der Waals surface area contributed by atoms with E-state index in [2.05, 4.69) is 21.2 Å². The lowest BCUT2D eigenvalue weighted by Crippen LogP contribution is -2.34. The molecule has 1 fully saturated rings. The summed E-state index contributed by atoms with van der Waals surface area (Å²) < 4.78 is 0.720. The predicted molar refractivity (Wildman–Crippen MR) is 63.3 cm³/mol.